The Kier molecular flexibility index (Phi) is 5.59. The van der Waals surface area contributed by atoms with Gasteiger partial charge in [0.25, 0.3) is 0 Å². The number of fused-ring (bicyclic) bond motifs is 2. The number of carbonyl (C=O) groups is 1. The van der Waals surface area contributed by atoms with E-state index in [2.05, 4.69) is 90.2 Å². The first-order chi connectivity index (χ1) is 14.1. The van der Waals surface area contributed by atoms with Crippen molar-refractivity contribution in [2.45, 2.75) is 19.5 Å². The number of carbonyl (C=O) groups excluding carboxylic acids is 1. The van der Waals surface area contributed by atoms with Gasteiger partial charge < -0.3 is 4.90 Å². The van der Waals surface area contributed by atoms with Crippen LogP contribution in [0.1, 0.15) is 18.1 Å². The molecule has 29 heavy (non-hydrogen) atoms. The summed E-state index contributed by atoms with van der Waals surface area (Å²) in [6.45, 7) is 2.46. The van der Waals surface area contributed by atoms with E-state index < -0.39 is 0 Å². The van der Waals surface area contributed by atoms with Gasteiger partial charge in [-0.1, -0.05) is 84.9 Å². The maximum Gasteiger partial charge on any atom is 0.237 e. The maximum atomic E-state index is 10.6. The fourth-order valence-corrected chi connectivity index (χ4v) is 3.81. The third-order valence-corrected chi connectivity index (χ3v) is 5.66. The van der Waals surface area contributed by atoms with Gasteiger partial charge in [0.2, 0.25) is 5.91 Å². The second-order valence-corrected chi connectivity index (χ2v) is 7.51. The summed E-state index contributed by atoms with van der Waals surface area (Å²) in [7, 11) is 1.80. The van der Waals surface area contributed by atoms with E-state index in [0.29, 0.717) is 6.54 Å². The second kappa shape index (κ2) is 8.46. The zero-order valence-corrected chi connectivity index (χ0v) is 16.9. The molecule has 1 amide bonds. The van der Waals surface area contributed by atoms with E-state index in [-0.39, 0.29) is 12.1 Å². The predicted molar refractivity (Wildman–Crippen MR) is 121 cm³/mol. The molecule has 0 bridgehead atoms. The number of nitrogens with zero attached hydrogens (tertiary/aromatic N) is 1. The normalized spacial score (nSPS) is 16.1. The molecule has 1 atom stereocenters. The SMILES string of the molecule is C[C@H]1NCC(=O)N1C.c1ccc2c(Cc3cccc4ccccc34)cccc2c1. The Morgan fingerprint density at radius 3 is 1.69 bits per heavy atom. The molecule has 1 aliphatic heterocycles. The Labute approximate surface area is 172 Å². The van der Waals surface area contributed by atoms with Crippen LogP contribution in [0, 0.1) is 0 Å². The van der Waals surface area contributed by atoms with Crippen LogP contribution < -0.4 is 5.32 Å². The number of nitrogens with one attached hydrogen (secondary N) is 1. The molecule has 146 valence electrons. The van der Waals surface area contributed by atoms with E-state index in [9.17, 15) is 4.79 Å². The Hall–Kier alpha value is -3.17. The lowest BCUT2D eigenvalue weighted by Crippen LogP contribution is -2.30. The highest BCUT2D eigenvalue weighted by Crippen LogP contribution is 2.25. The number of benzene rings is 4. The number of rotatable bonds is 2. The first kappa shape index (κ1) is 19.2. The first-order valence-electron chi connectivity index (χ1n) is 10.1. The summed E-state index contributed by atoms with van der Waals surface area (Å²) in [6.07, 6.45) is 1.20. The van der Waals surface area contributed by atoms with Gasteiger partial charge in [-0.25, -0.2) is 0 Å². The molecular weight excluding hydrogens is 356 g/mol. The van der Waals surface area contributed by atoms with Crippen molar-refractivity contribution in [3.8, 4) is 0 Å². The molecule has 4 aromatic carbocycles. The third kappa shape index (κ3) is 4.15. The summed E-state index contributed by atoms with van der Waals surface area (Å²) in [5.74, 6) is 0.178. The van der Waals surface area contributed by atoms with E-state index in [0.717, 1.165) is 6.42 Å². The smallest absolute Gasteiger partial charge is 0.237 e. The van der Waals surface area contributed by atoms with E-state index in [1.165, 1.54) is 32.7 Å². The first-order valence-corrected chi connectivity index (χ1v) is 10.1. The Morgan fingerprint density at radius 1 is 0.793 bits per heavy atom. The third-order valence-electron chi connectivity index (χ3n) is 5.66. The van der Waals surface area contributed by atoms with Crippen molar-refractivity contribution in [1.82, 2.24) is 10.2 Å². The Morgan fingerprint density at radius 2 is 1.28 bits per heavy atom. The van der Waals surface area contributed by atoms with Crippen molar-refractivity contribution < 1.29 is 4.79 Å². The van der Waals surface area contributed by atoms with Crippen LogP contribution in [-0.4, -0.2) is 30.6 Å². The zero-order valence-electron chi connectivity index (χ0n) is 16.9. The highest BCUT2D eigenvalue weighted by molar-refractivity contribution is 5.89. The molecule has 3 nitrogen and oxygen atoms in total. The topological polar surface area (TPSA) is 32.3 Å². The molecule has 0 spiro atoms. The van der Waals surface area contributed by atoms with Gasteiger partial charge in [0.1, 0.15) is 0 Å². The molecule has 1 aliphatic rings. The van der Waals surface area contributed by atoms with Crippen LogP contribution >= 0.6 is 0 Å². The maximum absolute atomic E-state index is 10.6. The molecule has 5 rings (SSSR count). The number of hydrogen-bond acceptors (Lipinski definition) is 2. The average molecular weight is 383 g/mol. The molecular formula is C26H26N2O. The molecule has 1 N–H and O–H groups in total. The van der Waals surface area contributed by atoms with E-state index in [1.54, 1.807) is 11.9 Å². The molecule has 4 aromatic rings. The lowest BCUT2D eigenvalue weighted by atomic mass is 9.95. The van der Waals surface area contributed by atoms with Crippen LogP contribution in [-0.2, 0) is 11.2 Å². The summed E-state index contributed by atoms with van der Waals surface area (Å²) in [6, 6.07) is 30.4. The van der Waals surface area contributed by atoms with E-state index in [1.807, 2.05) is 6.92 Å². The molecule has 0 saturated carbocycles. The fourth-order valence-electron chi connectivity index (χ4n) is 3.81. The van der Waals surface area contributed by atoms with E-state index in [4.69, 9.17) is 0 Å². The summed E-state index contributed by atoms with van der Waals surface area (Å²) in [4.78, 5) is 12.3. The van der Waals surface area contributed by atoms with Crippen molar-refractivity contribution in [3.63, 3.8) is 0 Å². The minimum absolute atomic E-state index is 0.178. The van der Waals surface area contributed by atoms with Crippen LogP contribution in [0.2, 0.25) is 0 Å². The Bertz CT molecular complexity index is 1060. The van der Waals surface area contributed by atoms with Gasteiger partial charge in [0.05, 0.1) is 12.7 Å². The van der Waals surface area contributed by atoms with Crippen molar-refractivity contribution >= 4 is 27.5 Å². The van der Waals surface area contributed by atoms with E-state index >= 15 is 0 Å². The highest BCUT2D eigenvalue weighted by atomic mass is 16.2. The Balaban J connectivity index is 0.000000216. The van der Waals surface area contributed by atoms with Crippen molar-refractivity contribution in [2.75, 3.05) is 13.6 Å². The molecule has 0 unspecified atom stereocenters. The lowest BCUT2D eigenvalue weighted by molar-refractivity contribution is -0.126. The van der Waals surface area contributed by atoms with Gasteiger partial charge >= 0.3 is 0 Å². The minimum atomic E-state index is 0.178. The lowest BCUT2D eigenvalue weighted by Gasteiger charge is -2.12. The quantitative estimate of drug-likeness (QED) is 0.530. The summed E-state index contributed by atoms with van der Waals surface area (Å²) >= 11 is 0. The predicted octanol–water partition coefficient (Wildman–Crippen LogP) is 4.98. The number of amides is 1. The van der Waals surface area contributed by atoms with Crippen LogP contribution in [0.25, 0.3) is 21.5 Å². The number of hydrogen-bond donors (Lipinski definition) is 1. The number of likely N-dealkylation sites (N-methyl/N-ethyl adjacent to an activating group) is 1. The van der Waals surface area contributed by atoms with Crippen LogP contribution in [0.5, 0.6) is 0 Å². The molecule has 0 radical (unpaired) electrons. The standard InChI is InChI=1S/C21H16.C5H10N2O/c1-3-13-20-16(7-1)9-5-11-18(20)15-19-12-6-10-17-8-2-4-14-21(17)19;1-4-6-3-5(8)7(4)2/h1-14H,15H2;4,6H,3H2,1-2H3/t;4-/m.0/s1. The van der Waals surface area contributed by atoms with Crippen molar-refractivity contribution in [3.05, 3.63) is 96.1 Å². The summed E-state index contributed by atoms with van der Waals surface area (Å²) in [5, 5.41) is 8.33. The van der Waals surface area contributed by atoms with Crippen LogP contribution in [0.3, 0.4) is 0 Å². The summed E-state index contributed by atoms with van der Waals surface area (Å²) in [5.41, 5.74) is 2.79. The largest absolute Gasteiger partial charge is 0.329 e. The molecule has 1 saturated heterocycles. The molecule has 0 aliphatic carbocycles. The van der Waals surface area contributed by atoms with Crippen molar-refractivity contribution in [2.24, 2.45) is 0 Å². The fraction of sp³-hybridized carbons (Fsp3) is 0.192. The van der Waals surface area contributed by atoms with Gasteiger partial charge in [0.15, 0.2) is 0 Å². The van der Waals surface area contributed by atoms with Gasteiger partial charge in [-0.15, -0.1) is 0 Å². The monoisotopic (exact) mass is 382 g/mol. The zero-order chi connectivity index (χ0) is 20.2. The molecule has 1 heterocycles. The van der Waals surface area contributed by atoms with Crippen LogP contribution in [0.4, 0.5) is 0 Å². The van der Waals surface area contributed by atoms with Gasteiger partial charge in [-0.2, -0.15) is 0 Å². The van der Waals surface area contributed by atoms with Crippen LogP contribution in [0.15, 0.2) is 84.9 Å². The highest BCUT2D eigenvalue weighted by Gasteiger charge is 2.21. The molecule has 0 aromatic heterocycles. The van der Waals surface area contributed by atoms with Crippen molar-refractivity contribution in [1.29, 1.82) is 0 Å². The second-order valence-electron chi connectivity index (χ2n) is 7.51. The van der Waals surface area contributed by atoms with Gasteiger partial charge in [0, 0.05) is 7.05 Å². The molecule has 3 heteroatoms. The van der Waals surface area contributed by atoms with Gasteiger partial charge in [-0.3, -0.25) is 10.1 Å². The summed E-state index contributed by atoms with van der Waals surface area (Å²) < 4.78 is 0. The van der Waals surface area contributed by atoms with Gasteiger partial charge in [-0.05, 0) is 46.0 Å². The minimum Gasteiger partial charge on any atom is -0.329 e. The average Bonchev–Trinajstić information content (AvgIpc) is 3.06. The molecule has 1 fully saturated rings.